The Labute approximate surface area is 107 Å². The van der Waals surface area contributed by atoms with E-state index >= 15 is 0 Å². The van der Waals surface area contributed by atoms with Gasteiger partial charge in [0.15, 0.2) is 0 Å². The molecule has 0 aromatic heterocycles. The highest BCUT2D eigenvalue weighted by atomic mass is 16.3. The molecule has 4 N–H and O–H groups in total. The molecule has 0 aliphatic heterocycles. The van der Waals surface area contributed by atoms with Crippen molar-refractivity contribution < 1.29 is 15.3 Å². The summed E-state index contributed by atoms with van der Waals surface area (Å²) in [6.45, 7) is 1.97. The summed E-state index contributed by atoms with van der Waals surface area (Å²) in [5.41, 5.74) is 0.709. The molecule has 0 radical (unpaired) electrons. The van der Waals surface area contributed by atoms with E-state index in [4.69, 9.17) is 0 Å². The molecule has 100 valence electrons. The van der Waals surface area contributed by atoms with E-state index in [0.717, 1.165) is 25.7 Å². The van der Waals surface area contributed by atoms with Crippen LogP contribution in [0.1, 0.15) is 44.2 Å². The summed E-state index contributed by atoms with van der Waals surface area (Å²) < 4.78 is 0. The summed E-state index contributed by atoms with van der Waals surface area (Å²) >= 11 is 0. The summed E-state index contributed by atoms with van der Waals surface area (Å²) in [7, 11) is 0. The number of rotatable bonds is 3. The Kier molecular flexibility index (Phi) is 4.09. The molecule has 18 heavy (non-hydrogen) atoms. The summed E-state index contributed by atoms with van der Waals surface area (Å²) in [4.78, 5) is 0. The molecule has 1 aromatic carbocycles. The molecule has 1 atom stereocenters. The predicted molar refractivity (Wildman–Crippen MR) is 69.6 cm³/mol. The van der Waals surface area contributed by atoms with Crippen molar-refractivity contribution in [2.24, 2.45) is 0 Å². The highest BCUT2D eigenvalue weighted by Crippen LogP contribution is 2.29. The monoisotopic (exact) mass is 251 g/mol. The van der Waals surface area contributed by atoms with Crippen molar-refractivity contribution in [2.75, 3.05) is 0 Å². The number of aromatic hydroxyl groups is 2. The second kappa shape index (κ2) is 5.59. The van der Waals surface area contributed by atoms with Gasteiger partial charge >= 0.3 is 0 Å². The van der Waals surface area contributed by atoms with Gasteiger partial charge in [0.1, 0.15) is 11.5 Å². The molecular formula is C14H21NO3. The molecule has 2 rings (SSSR count). The zero-order valence-electron chi connectivity index (χ0n) is 10.6. The third-order valence-electron chi connectivity index (χ3n) is 3.66. The van der Waals surface area contributed by atoms with Crippen LogP contribution in [0.3, 0.4) is 0 Å². The van der Waals surface area contributed by atoms with E-state index in [1.165, 1.54) is 12.1 Å². The number of aliphatic hydroxyl groups is 1. The molecule has 1 fully saturated rings. The standard InChI is InChI=1S/C14H21NO3/c1-9(13-8-12(17)6-7-14(13)18)15-10-2-4-11(16)5-3-10/h6-11,15-18H,2-5H2,1H3. The van der Waals surface area contributed by atoms with Gasteiger partial charge in [0.2, 0.25) is 0 Å². The van der Waals surface area contributed by atoms with Crippen LogP contribution in [0.25, 0.3) is 0 Å². The van der Waals surface area contributed by atoms with Crippen LogP contribution >= 0.6 is 0 Å². The van der Waals surface area contributed by atoms with E-state index < -0.39 is 0 Å². The van der Waals surface area contributed by atoms with Gasteiger partial charge in [-0.05, 0) is 50.8 Å². The first-order chi connectivity index (χ1) is 8.56. The molecule has 0 saturated heterocycles. The quantitative estimate of drug-likeness (QED) is 0.620. The summed E-state index contributed by atoms with van der Waals surface area (Å²) in [5, 5.41) is 32.1. The minimum atomic E-state index is -0.160. The molecular weight excluding hydrogens is 230 g/mol. The molecule has 1 saturated carbocycles. The third-order valence-corrected chi connectivity index (χ3v) is 3.66. The lowest BCUT2D eigenvalue weighted by atomic mass is 9.92. The lowest BCUT2D eigenvalue weighted by molar-refractivity contribution is 0.114. The molecule has 1 aliphatic rings. The Morgan fingerprint density at radius 2 is 1.83 bits per heavy atom. The summed E-state index contributed by atoms with van der Waals surface area (Å²) in [6, 6.07) is 4.92. The zero-order chi connectivity index (χ0) is 13.1. The second-order valence-electron chi connectivity index (χ2n) is 5.14. The first kappa shape index (κ1) is 13.2. The van der Waals surface area contributed by atoms with Gasteiger partial charge in [0.05, 0.1) is 6.10 Å². The van der Waals surface area contributed by atoms with Crippen LogP contribution in [0.2, 0.25) is 0 Å². The minimum absolute atomic E-state index is 0.0163. The number of nitrogens with one attached hydrogen (secondary N) is 1. The first-order valence-corrected chi connectivity index (χ1v) is 6.52. The van der Waals surface area contributed by atoms with E-state index in [1.54, 1.807) is 6.07 Å². The van der Waals surface area contributed by atoms with Crippen LogP contribution in [0, 0.1) is 0 Å². The fourth-order valence-electron chi connectivity index (χ4n) is 2.57. The van der Waals surface area contributed by atoms with E-state index in [2.05, 4.69) is 5.32 Å². The Morgan fingerprint density at radius 1 is 1.17 bits per heavy atom. The SMILES string of the molecule is CC(NC1CCC(O)CC1)c1cc(O)ccc1O. The van der Waals surface area contributed by atoms with Crippen LogP contribution in [-0.2, 0) is 0 Å². The fraction of sp³-hybridized carbons (Fsp3) is 0.571. The van der Waals surface area contributed by atoms with Crippen LogP contribution in [-0.4, -0.2) is 27.5 Å². The second-order valence-corrected chi connectivity index (χ2v) is 5.14. The van der Waals surface area contributed by atoms with Gasteiger partial charge in [-0.2, -0.15) is 0 Å². The molecule has 1 unspecified atom stereocenters. The van der Waals surface area contributed by atoms with E-state index in [-0.39, 0.29) is 23.6 Å². The predicted octanol–water partition coefficient (Wildman–Crippen LogP) is 2.05. The smallest absolute Gasteiger partial charge is 0.120 e. The lowest BCUT2D eigenvalue weighted by Gasteiger charge is -2.29. The van der Waals surface area contributed by atoms with Crippen LogP contribution in [0.15, 0.2) is 18.2 Å². The highest BCUT2D eigenvalue weighted by molar-refractivity contribution is 5.40. The van der Waals surface area contributed by atoms with Crippen molar-refractivity contribution in [1.29, 1.82) is 0 Å². The Hall–Kier alpha value is -1.26. The highest BCUT2D eigenvalue weighted by Gasteiger charge is 2.21. The van der Waals surface area contributed by atoms with Crippen LogP contribution in [0.5, 0.6) is 11.5 Å². The summed E-state index contributed by atoms with van der Waals surface area (Å²) in [5.74, 6) is 0.360. The number of phenolic OH excluding ortho intramolecular Hbond substituents is 2. The van der Waals surface area contributed by atoms with Gasteiger partial charge in [-0.3, -0.25) is 0 Å². The molecule has 1 aromatic rings. The zero-order valence-corrected chi connectivity index (χ0v) is 10.6. The average molecular weight is 251 g/mol. The van der Waals surface area contributed by atoms with Gasteiger partial charge in [0.25, 0.3) is 0 Å². The molecule has 1 aliphatic carbocycles. The Bertz CT molecular complexity index is 400. The molecule has 0 bridgehead atoms. The maximum Gasteiger partial charge on any atom is 0.120 e. The number of hydrogen-bond acceptors (Lipinski definition) is 4. The molecule has 0 heterocycles. The largest absolute Gasteiger partial charge is 0.508 e. The van der Waals surface area contributed by atoms with Gasteiger partial charge in [-0.15, -0.1) is 0 Å². The number of phenols is 2. The number of aliphatic hydroxyl groups excluding tert-OH is 1. The van der Waals surface area contributed by atoms with Crippen molar-refractivity contribution >= 4 is 0 Å². The van der Waals surface area contributed by atoms with Gasteiger partial charge in [-0.1, -0.05) is 0 Å². The fourth-order valence-corrected chi connectivity index (χ4v) is 2.57. The van der Waals surface area contributed by atoms with Gasteiger partial charge < -0.3 is 20.6 Å². The molecule has 4 nitrogen and oxygen atoms in total. The third kappa shape index (κ3) is 3.15. The van der Waals surface area contributed by atoms with Crippen molar-refractivity contribution in [3.63, 3.8) is 0 Å². The van der Waals surface area contributed by atoms with Crippen molar-refractivity contribution in [1.82, 2.24) is 5.32 Å². The maximum atomic E-state index is 9.79. The average Bonchev–Trinajstić information content (AvgIpc) is 2.35. The molecule has 0 amide bonds. The van der Waals surface area contributed by atoms with Crippen molar-refractivity contribution in [3.8, 4) is 11.5 Å². The minimum Gasteiger partial charge on any atom is -0.508 e. The molecule has 0 spiro atoms. The topological polar surface area (TPSA) is 72.7 Å². The van der Waals surface area contributed by atoms with Crippen molar-refractivity contribution in [3.05, 3.63) is 23.8 Å². The lowest BCUT2D eigenvalue weighted by Crippen LogP contribution is -2.36. The summed E-state index contributed by atoms with van der Waals surface area (Å²) in [6.07, 6.45) is 3.40. The maximum absolute atomic E-state index is 9.79. The van der Waals surface area contributed by atoms with Gasteiger partial charge in [-0.25, -0.2) is 0 Å². The van der Waals surface area contributed by atoms with Crippen LogP contribution < -0.4 is 5.32 Å². The first-order valence-electron chi connectivity index (χ1n) is 6.52. The van der Waals surface area contributed by atoms with E-state index in [1.807, 2.05) is 6.92 Å². The van der Waals surface area contributed by atoms with E-state index in [0.29, 0.717) is 11.6 Å². The van der Waals surface area contributed by atoms with Crippen LogP contribution in [0.4, 0.5) is 0 Å². The number of benzene rings is 1. The van der Waals surface area contributed by atoms with E-state index in [9.17, 15) is 15.3 Å². The Balaban J connectivity index is 1.98. The molecule has 4 heteroatoms. The normalized spacial score (nSPS) is 25.9. The van der Waals surface area contributed by atoms with Gasteiger partial charge in [0, 0.05) is 17.6 Å². The van der Waals surface area contributed by atoms with Crippen molar-refractivity contribution in [2.45, 2.75) is 50.8 Å². The number of hydrogen-bond donors (Lipinski definition) is 4. The Morgan fingerprint density at radius 3 is 2.50 bits per heavy atom.